The maximum atomic E-state index is 11.5. The number of rotatable bonds is 5. The molecule has 1 unspecified atom stereocenters. The molecule has 0 aromatic heterocycles. The number of methoxy groups -OCH3 is 1. The van der Waals surface area contributed by atoms with Crippen LogP contribution in [-0.4, -0.2) is 31.4 Å². The summed E-state index contributed by atoms with van der Waals surface area (Å²) in [5.41, 5.74) is 6.77. The lowest BCUT2D eigenvalue weighted by Crippen LogP contribution is -2.16. The van der Waals surface area contributed by atoms with Crippen molar-refractivity contribution in [1.82, 2.24) is 0 Å². The number of carbonyl (C=O) groups is 1. The Morgan fingerprint density at radius 1 is 1.53 bits per heavy atom. The third-order valence-corrected chi connectivity index (χ3v) is 2.34. The van der Waals surface area contributed by atoms with Crippen molar-refractivity contribution in [1.29, 1.82) is 0 Å². The minimum Gasteiger partial charge on any atom is -0.496 e. The zero-order valence-electron chi connectivity index (χ0n) is 9.97. The number of hydrogen-bond donors (Lipinski definition) is 2. The van der Waals surface area contributed by atoms with Crippen LogP contribution >= 0.6 is 0 Å². The van der Waals surface area contributed by atoms with Gasteiger partial charge in [-0.05, 0) is 19.1 Å². The minimum absolute atomic E-state index is 0.185. The highest BCUT2D eigenvalue weighted by Crippen LogP contribution is 2.25. The van der Waals surface area contributed by atoms with Gasteiger partial charge in [0.2, 0.25) is 0 Å². The molecule has 0 radical (unpaired) electrons. The Hall–Kier alpha value is -1.59. The Balaban J connectivity index is 3.04. The Kier molecular flexibility index (Phi) is 4.93. The summed E-state index contributed by atoms with van der Waals surface area (Å²) in [7, 11) is 1.48. The summed E-state index contributed by atoms with van der Waals surface area (Å²) < 4.78 is 10.0. The van der Waals surface area contributed by atoms with E-state index >= 15 is 0 Å². The largest absolute Gasteiger partial charge is 0.496 e. The van der Waals surface area contributed by atoms with Crippen molar-refractivity contribution in [3.05, 3.63) is 29.3 Å². The lowest BCUT2D eigenvalue weighted by molar-refractivity contribution is 0.0526. The fraction of sp³-hybridized carbons (Fsp3) is 0.417. The molecule has 0 saturated heterocycles. The molecule has 1 rings (SSSR count). The molecule has 5 nitrogen and oxygen atoms in total. The van der Waals surface area contributed by atoms with Crippen LogP contribution in [0.5, 0.6) is 5.75 Å². The average Bonchev–Trinajstić information content (AvgIpc) is 2.37. The van der Waals surface area contributed by atoms with Gasteiger partial charge in [-0.15, -0.1) is 0 Å². The molecule has 1 atom stereocenters. The Morgan fingerprint density at radius 2 is 2.24 bits per heavy atom. The molecule has 0 spiro atoms. The van der Waals surface area contributed by atoms with Crippen LogP contribution in [0.25, 0.3) is 0 Å². The normalized spacial score (nSPS) is 12.0. The van der Waals surface area contributed by atoms with Crippen molar-refractivity contribution in [3.8, 4) is 5.75 Å². The van der Waals surface area contributed by atoms with E-state index in [0.29, 0.717) is 23.5 Å². The third-order valence-electron chi connectivity index (χ3n) is 2.34. The van der Waals surface area contributed by atoms with Crippen LogP contribution in [0.1, 0.15) is 28.9 Å². The fourth-order valence-electron chi connectivity index (χ4n) is 1.46. The predicted molar refractivity (Wildman–Crippen MR) is 63.0 cm³/mol. The lowest BCUT2D eigenvalue weighted by atomic mass is 10.0. The van der Waals surface area contributed by atoms with Gasteiger partial charge in [0.05, 0.1) is 31.9 Å². The van der Waals surface area contributed by atoms with Crippen molar-refractivity contribution in [2.75, 3.05) is 20.3 Å². The number of aliphatic hydroxyl groups is 1. The molecule has 0 heterocycles. The number of hydrogen-bond acceptors (Lipinski definition) is 5. The summed E-state index contributed by atoms with van der Waals surface area (Å²) in [6.07, 6.45) is 0. The number of aliphatic hydroxyl groups excluding tert-OH is 1. The van der Waals surface area contributed by atoms with E-state index in [0.717, 1.165) is 0 Å². The summed E-state index contributed by atoms with van der Waals surface area (Å²) in [6.45, 7) is 1.87. The number of esters is 1. The van der Waals surface area contributed by atoms with Gasteiger partial charge in [0, 0.05) is 5.56 Å². The van der Waals surface area contributed by atoms with E-state index in [9.17, 15) is 4.79 Å². The second kappa shape index (κ2) is 6.22. The van der Waals surface area contributed by atoms with Crippen molar-refractivity contribution in [2.45, 2.75) is 13.0 Å². The van der Waals surface area contributed by atoms with E-state index in [2.05, 4.69) is 0 Å². The Bertz CT molecular complexity index is 392. The van der Waals surface area contributed by atoms with Crippen LogP contribution in [-0.2, 0) is 4.74 Å². The first kappa shape index (κ1) is 13.5. The van der Waals surface area contributed by atoms with Crippen molar-refractivity contribution >= 4 is 5.97 Å². The Labute approximate surface area is 100 Å². The molecule has 17 heavy (non-hydrogen) atoms. The highest BCUT2D eigenvalue weighted by atomic mass is 16.5. The van der Waals surface area contributed by atoms with Crippen LogP contribution in [0, 0.1) is 0 Å². The third kappa shape index (κ3) is 3.18. The summed E-state index contributed by atoms with van der Waals surface area (Å²) in [4.78, 5) is 11.5. The molecule has 0 fully saturated rings. The second-order valence-electron chi connectivity index (χ2n) is 3.47. The van der Waals surface area contributed by atoms with Gasteiger partial charge in [-0.1, -0.05) is 6.07 Å². The molecule has 0 aliphatic heterocycles. The molecule has 0 bridgehead atoms. The van der Waals surface area contributed by atoms with Gasteiger partial charge in [0.1, 0.15) is 5.75 Å². The molecule has 1 aromatic rings. The van der Waals surface area contributed by atoms with Gasteiger partial charge in [0.15, 0.2) is 0 Å². The molecule has 0 amide bonds. The molecule has 0 saturated carbocycles. The van der Waals surface area contributed by atoms with Gasteiger partial charge in [-0.3, -0.25) is 0 Å². The van der Waals surface area contributed by atoms with Gasteiger partial charge in [-0.2, -0.15) is 0 Å². The van der Waals surface area contributed by atoms with Gasteiger partial charge in [0.25, 0.3) is 0 Å². The molecule has 3 N–H and O–H groups in total. The first-order chi connectivity index (χ1) is 8.13. The maximum absolute atomic E-state index is 11.5. The quantitative estimate of drug-likeness (QED) is 0.745. The monoisotopic (exact) mass is 239 g/mol. The van der Waals surface area contributed by atoms with Gasteiger partial charge in [-0.25, -0.2) is 4.79 Å². The fourth-order valence-corrected chi connectivity index (χ4v) is 1.46. The van der Waals surface area contributed by atoms with Gasteiger partial charge >= 0.3 is 5.97 Å². The summed E-state index contributed by atoms with van der Waals surface area (Å²) in [5.74, 6) is 0.0621. The number of carbonyl (C=O) groups excluding carboxylic acids is 1. The molecular formula is C12H17NO4. The van der Waals surface area contributed by atoms with Crippen molar-refractivity contribution in [2.24, 2.45) is 5.73 Å². The smallest absolute Gasteiger partial charge is 0.338 e. The lowest BCUT2D eigenvalue weighted by Gasteiger charge is -2.14. The van der Waals surface area contributed by atoms with Gasteiger partial charge < -0.3 is 20.3 Å². The number of benzene rings is 1. The van der Waals surface area contributed by atoms with Crippen LogP contribution in [0.2, 0.25) is 0 Å². The highest BCUT2D eigenvalue weighted by Gasteiger charge is 2.14. The molecule has 5 heteroatoms. The highest BCUT2D eigenvalue weighted by molar-refractivity contribution is 5.90. The predicted octanol–water partition coefficient (Wildman–Crippen LogP) is 0.864. The minimum atomic E-state index is -0.527. The summed E-state index contributed by atoms with van der Waals surface area (Å²) in [6, 6.07) is 4.29. The number of ether oxygens (including phenoxy) is 2. The summed E-state index contributed by atoms with van der Waals surface area (Å²) in [5, 5.41) is 9.00. The van der Waals surface area contributed by atoms with Crippen LogP contribution in [0.15, 0.2) is 18.2 Å². The zero-order chi connectivity index (χ0) is 12.8. The molecular weight excluding hydrogens is 222 g/mol. The van der Waals surface area contributed by atoms with E-state index in [1.165, 1.54) is 7.11 Å². The second-order valence-corrected chi connectivity index (χ2v) is 3.47. The first-order valence-electron chi connectivity index (χ1n) is 5.35. The zero-order valence-corrected chi connectivity index (χ0v) is 9.97. The summed E-state index contributed by atoms with van der Waals surface area (Å²) >= 11 is 0. The molecule has 94 valence electrons. The molecule has 1 aromatic carbocycles. The standard InChI is InChI=1S/C12H17NO4/c1-3-17-12(15)8-4-5-9(10(13)7-14)11(6-8)16-2/h4-6,10,14H,3,7,13H2,1-2H3. The first-order valence-corrected chi connectivity index (χ1v) is 5.35. The van der Waals surface area contributed by atoms with Crippen molar-refractivity contribution < 1.29 is 19.4 Å². The van der Waals surface area contributed by atoms with Crippen LogP contribution in [0.4, 0.5) is 0 Å². The molecule has 0 aliphatic rings. The van der Waals surface area contributed by atoms with E-state index in [4.69, 9.17) is 20.3 Å². The Morgan fingerprint density at radius 3 is 2.76 bits per heavy atom. The van der Waals surface area contributed by atoms with E-state index < -0.39 is 12.0 Å². The SMILES string of the molecule is CCOC(=O)c1ccc(C(N)CO)c(OC)c1. The van der Waals surface area contributed by atoms with Crippen LogP contribution in [0.3, 0.4) is 0 Å². The molecule has 0 aliphatic carbocycles. The number of nitrogens with two attached hydrogens (primary N) is 1. The topological polar surface area (TPSA) is 81.8 Å². The van der Waals surface area contributed by atoms with Crippen LogP contribution < -0.4 is 10.5 Å². The maximum Gasteiger partial charge on any atom is 0.338 e. The average molecular weight is 239 g/mol. The van der Waals surface area contributed by atoms with E-state index in [1.54, 1.807) is 25.1 Å². The van der Waals surface area contributed by atoms with E-state index in [-0.39, 0.29) is 6.61 Å². The van der Waals surface area contributed by atoms with Crippen molar-refractivity contribution in [3.63, 3.8) is 0 Å². The van der Waals surface area contributed by atoms with E-state index in [1.807, 2.05) is 0 Å².